The van der Waals surface area contributed by atoms with Crippen molar-refractivity contribution in [3.63, 3.8) is 0 Å². The lowest BCUT2D eigenvalue weighted by Crippen LogP contribution is -2.47. The fourth-order valence-electron chi connectivity index (χ4n) is 8.97. The van der Waals surface area contributed by atoms with Gasteiger partial charge in [0.25, 0.3) is 25.8 Å². The zero-order valence-electron chi connectivity index (χ0n) is 37.2. The molecule has 1 amide bonds. The summed E-state index contributed by atoms with van der Waals surface area (Å²) in [7, 11) is -11.0. The number of nitrogens with zero attached hydrogens (tertiary/aromatic N) is 4. The third-order valence-corrected chi connectivity index (χ3v) is 15.8. The number of amides is 1. The maximum Gasteiger partial charge on any atom is 0.501 e. The zero-order valence-corrected chi connectivity index (χ0v) is 39.6. The van der Waals surface area contributed by atoms with E-state index in [0.29, 0.717) is 60.4 Å². The number of carbonyl (C=O) groups is 1. The van der Waals surface area contributed by atoms with E-state index in [1.165, 1.54) is 29.0 Å². The van der Waals surface area contributed by atoms with Crippen LogP contribution in [-0.4, -0.2) is 113 Å². The van der Waals surface area contributed by atoms with E-state index < -0.39 is 46.8 Å². The first kappa shape index (κ1) is 48.3. The van der Waals surface area contributed by atoms with Gasteiger partial charge in [0.1, 0.15) is 22.0 Å². The molecule has 2 saturated heterocycles. The van der Waals surface area contributed by atoms with Crippen LogP contribution < -0.4 is 25.4 Å². The molecule has 3 aromatic carbocycles. The highest BCUT2D eigenvalue weighted by Gasteiger charge is 2.48. The van der Waals surface area contributed by atoms with Gasteiger partial charge in [-0.3, -0.25) is 9.69 Å². The van der Waals surface area contributed by atoms with Gasteiger partial charge in [-0.15, -0.1) is 0 Å². The van der Waals surface area contributed by atoms with Gasteiger partial charge in [0.2, 0.25) is 0 Å². The number of benzene rings is 3. The largest absolute Gasteiger partial charge is 0.501 e. The molecule has 1 unspecified atom stereocenters. The number of alkyl halides is 3. The Bertz CT molecular complexity index is 2890. The number of aromatic nitrogens is 2. The minimum Gasteiger partial charge on any atom is -0.455 e. The number of sulfonamides is 1. The first-order valence-corrected chi connectivity index (χ1v) is 25.5. The molecule has 3 aliphatic rings. The molecule has 5 N–H and O–H groups in total. The van der Waals surface area contributed by atoms with Gasteiger partial charge < -0.3 is 30.6 Å². The standard InChI is InChI=1S/C47H54ClF3N8O6S2/c1-46(2)15-12-33(40(27-46)31-4-6-34(48)7-5-31)29-58-20-22-59(23-21-58)36-8-10-39(42(25-36)65-37-24-32-13-17-54-44(32)55-28-37)45(60)56-67(63,64)38-9-11-41(43(26-38)66(61,62)47(49,50)51)53-16-3-18-57-19-14-35(52)30-57/h4-11,13,17,24-26,28,35,53H,3,12,14-16,18-23,27,29-30,52H2,1-2H3,(H,54,55)(H,56,60). The van der Waals surface area contributed by atoms with Gasteiger partial charge in [0.05, 0.1) is 22.3 Å². The second-order valence-corrected chi connectivity index (χ2v) is 22.3. The number of hydrogen-bond donors (Lipinski definition) is 4. The number of carbonyl (C=O) groups excluding carboxylic acids is 1. The number of allylic oxidation sites excluding steroid dienone is 1. The first-order chi connectivity index (χ1) is 31.7. The molecular weight excluding hydrogens is 929 g/mol. The van der Waals surface area contributed by atoms with Crippen LogP contribution in [0.5, 0.6) is 11.5 Å². The third-order valence-electron chi connectivity index (χ3n) is 12.7. The minimum atomic E-state index is -6.04. The number of sulfone groups is 1. The van der Waals surface area contributed by atoms with Crippen LogP contribution in [0.25, 0.3) is 16.6 Å². The van der Waals surface area contributed by atoms with Gasteiger partial charge in [0.15, 0.2) is 0 Å². The molecule has 0 saturated carbocycles. The molecule has 2 fully saturated rings. The topological polar surface area (TPSA) is 183 Å². The van der Waals surface area contributed by atoms with Crippen molar-refractivity contribution in [3.05, 3.63) is 107 Å². The van der Waals surface area contributed by atoms with E-state index in [4.69, 9.17) is 22.1 Å². The average Bonchev–Trinajstić information content (AvgIpc) is 3.93. The molecule has 20 heteroatoms. The number of nitrogens with two attached hydrogens (primary N) is 1. The molecule has 0 spiro atoms. The van der Waals surface area contributed by atoms with Gasteiger partial charge in [-0.2, -0.15) is 13.2 Å². The van der Waals surface area contributed by atoms with Crippen molar-refractivity contribution in [2.45, 2.75) is 67.3 Å². The number of piperazine rings is 1. The molecule has 8 rings (SSSR count). The highest BCUT2D eigenvalue weighted by molar-refractivity contribution is 7.92. The van der Waals surface area contributed by atoms with Crippen LogP contribution >= 0.6 is 11.6 Å². The Hall–Kier alpha value is -5.18. The van der Waals surface area contributed by atoms with E-state index in [-0.39, 0.29) is 35.1 Å². The van der Waals surface area contributed by atoms with Gasteiger partial charge in [-0.1, -0.05) is 43.2 Å². The summed E-state index contributed by atoms with van der Waals surface area (Å²) in [6, 6.07) is 18.6. The van der Waals surface area contributed by atoms with E-state index in [1.807, 2.05) is 16.9 Å². The molecule has 1 atom stereocenters. The first-order valence-electron chi connectivity index (χ1n) is 22.2. The molecule has 1 aliphatic carbocycles. The summed E-state index contributed by atoms with van der Waals surface area (Å²) in [5.41, 5.74) is 5.04. The quantitative estimate of drug-likeness (QED) is 0.0743. The Morgan fingerprint density at radius 1 is 0.970 bits per heavy atom. The van der Waals surface area contributed by atoms with Crippen LogP contribution in [0.3, 0.4) is 0 Å². The van der Waals surface area contributed by atoms with Crippen LogP contribution in [-0.2, 0) is 19.9 Å². The SMILES string of the molecule is CC1(C)CCC(CN2CCN(c3ccc(C(=O)NS(=O)(=O)c4ccc(NCCCN5CCC(N)C5)c(S(=O)(=O)C(F)(F)F)c4)c(Oc4cnc5[nH]ccc5c4)c3)CC2)=C(c2ccc(Cl)cc2)C1. The molecule has 5 aromatic rings. The van der Waals surface area contributed by atoms with E-state index in [0.717, 1.165) is 64.0 Å². The van der Waals surface area contributed by atoms with Crippen LogP contribution in [0.15, 0.2) is 101 Å². The number of pyridine rings is 1. The third kappa shape index (κ3) is 11.2. The Labute approximate surface area is 393 Å². The minimum absolute atomic E-state index is 0.0114. The normalized spacial score (nSPS) is 18.7. The number of nitrogens with one attached hydrogen (secondary N) is 3. The monoisotopic (exact) mass is 982 g/mol. The summed E-state index contributed by atoms with van der Waals surface area (Å²) < 4.78 is 103. The fraction of sp³-hybridized carbons (Fsp3) is 0.404. The van der Waals surface area contributed by atoms with Gasteiger partial charge in [-0.05, 0) is 116 Å². The molecular formula is C47H54ClF3N8O6S2. The number of likely N-dealkylation sites (tertiary alicyclic amines) is 1. The number of rotatable bonds is 15. The number of halogens is 4. The number of hydrogen-bond acceptors (Lipinski definition) is 12. The zero-order chi connectivity index (χ0) is 47.7. The Kier molecular flexibility index (Phi) is 14.0. The molecule has 2 aromatic heterocycles. The van der Waals surface area contributed by atoms with Crippen LogP contribution in [0.1, 0.15) is 61.9 Å². The smallest absolute Gasteiger partial charge is 0.455 e. The van der Waals surface area contributed by atoms with Crippen molar-refractivity contribution in [2.24, 2.45) is 11.1 Å². The Morgan fingerprint density at radius 2 is 1.73 bits per heavy atom. The molecule has 4 heterocycles. The molecule has 358 valence electrons. The van der Waals surface area contributed by atoms with Crippen LogP contribution in [0.4, 0.5) is 24.5 Å². The van der Waals surface area contributed by atoms with Crippen molar-refractivity contribution >= 4 is 65.3 Å². The predicted molar refractivity (Wildman–Crippen MR) is 254 cm³/mol. The summed E-state index contributed by atoms with van der Waals surface area (Å²) in [6.07, 6.45) is 7.49. The summed E-state index contributed by atoms with van der Waals surface area (Å²) in [5.74, 6) is -0.922. The molecule has 14 nitrogen and oxygen atoms in total. The number of fused-ring (bicyclic) bond motifs is 1. The highest BCUT2D eigenvalue weighted by atomic mass is 35.5. The number of aromatic amines is 1. The van der Waals surface area contributed by atoms with E-state index >= 15 is 0 Å². The highest BCUT2D eigenvalue weighted by Crippen LogP contribution is 2.44. The van der Waals surface area contributed by atoms with Crippen LogP contribution in [0, 0.1) is 5.41 Å². The van der Waals surface area contributed by atoms with Crippen molar-refractivity contribution < 1.29 is 39.5 Å². The van der Waals surface area contributed by atoms with Crippen molar-refractivity contribution in [1.82, 2.24) is 24.5 Å². The fourth-order valence-corrected chi connectivity index (χ4v) is 11.1. The molecule has 2 aliphatic heterocycles. The van der Waals surface area contributed by atoms with E-state index in [9.17, 15) is 34.8 Å². The van der Waals surface area contributed by atoms with E-state index in [1.54, 1.807) is 30.5 Å². The maximum atomic E-state index is 14.0. The lowest BCUT2D eigenvalue weighted by atomic mass is 9.72. The Balaban J connectivity index is 1.02. The molecule has 0 radical (unpaired) electrons. The van der Waals surface area contributed by atoms with Crippen molar-refractivity contribution in [1.29, 1.82) is 0 Å². The van der Waals surface area contributed by atoms with Crippen molar-refractivity contribution in [3.8, 4) is 11.5 Å². The van der Waals surface area contributed by atoms with Gasteiger partial charge in [-0.25, -0.2) is 26.5 Å². The summed E-state index contributed by atoms with van der Waals surface area (Å²) >= 11 is 6.23. The van der Waals surface area contributed by atoms with Crippen molar-refractivity contribution in [2.75, 3.05) is 69.1 Å². The second-order valence-electron chi connectivity index (χ2n) is 18.2. The van der Waals surface area contributed by atoms with Gasteiger partial charge in [0, 0.05) is 80.2 Å². The average molecular weight is 984 g/mol. The van der Waals surface area contributed by atoms with Gasteiger partial charge >= 0.3 is 5.51 Å². The number of H-pyrrole nitrogens is 1. The predicted octanol–water partition coefficient (Wildman–Crippen LogP) is 8.04. The number of anilines is 2. The molecule has 67 heavy (non-hydrogen) atoms. The lowest BCUT2D eigenvalue weighted by molar-refractivity contribution is -0.0435. The summed E-state index contributed by atoms with van der Waals surface area (Å²) in [4.78, 5) is 25.9. The maximum absolute atomic E-state index is 14.0. The number of ether oxygens (including phenoxy) is 1. The molecule has 0 bridgehead atoms. The van der Waals surface area contributed by atoms with E-state index in [2.05, 4.69) is 56.0 Å². The lowest BCUT2D eigenvalue weighted by Gasteiger charge is -2.39. The summed E-state index contributed by atoms with van der Waals surface area (Å²) in [5, 5.41) is 4.14. The van der Waals surface area contributed by atoms with Crippen LogP contribution in [0.2, 0.25) is 5.02 Å². The Morgan fingerprint density at radius 3 is 2.45 bits per heavy atom. The second kappa shape index (κ2) is 19.4. The summed E-state index contributed by atoms with van der Waals surface area (Å²) in [6.45, 7) is 10.3.